The number of ether oxygens (including phenoxy) is 2. The van der Waals surface area contributed by atoms with E-state index in [0.717, 1.165) is 6.42 Å². The van der Waals surface area contributed by atoms with E-state index in [1.165, 1.54) is 6.92 Å². The first-order chi connectivity index (χ1) is 10.1. The van der Waals surface area contributed by atoms with Crippen molar-refractivity contribution in [2.24, 2.45) is 0 Å². The second-order valence-electron chi connectivity index (χ2n) is 4.83. The Kier molecular flexibility index (Phi) is 5.03. The van der Waals surface area contributed by atoms with Crippen molar-refractivity contribution in [1.29, 1.82) is 0 Å². The average Bonchev–Trinajstić information content (AvgIpc) is 2.93. The van der Waals surface area contributed by atoms with Gasteiger partial charge in [-0.3, -0.25) is 9.59 Å². The molecular weight excluding hydrogens is 272 g/mol. The van der Waals surface area contributed by atoms with E-state index in [1.54, 1.807) is 23.1 Å². The number of hydrogen-bond donors (Lipinski definition) is 1. The summed E-state index contributed by atoms with van der Waals surface area (Å²) >= 11 is 0. The van der Waals surface area contributed by atoms with Crippen LogP contribution in [-0.2, 0) is 4.79 Å². The Labute approximate surface area is 124 Å². The summed E-state index contributed by atoms with van der Waals surface area (Å²) in [5, 5.41) is 2.80. The van der Waals surface area contributed by atoms with E-state index in [2.05, 4.69) is 5.32 Å². The van der Waals surface area contributed by atoms with Crippen molar-refractivity contribution in [3.63, 3.8) is 0 Å². The molecule has 6 heteroatoms. The maximum Gasteiger partial charge on any atom is 0.251 e. The lowest BCUT2D eigenvalue weighted by Gasteiger charge is -2.20. The molecule has 114 valence electrons. The molecule has 1 aliphatic heterocycles. The summed E-state index contributed by atoms with van der Waals surface area (Å²) < 4.78 is 10.4. The van der Waals surface area contributed by atoms with Crippen LogP contribution >= 0.6 is 0 Å². The van der Waals surface area contributed by atoms with E-state index in [-0.39, 0.29) is 18.6 Å². The maximum atomic E-state index is 12.0. The summed E-state index contributed by atoms with van der Waals surface area (Å²) in [4.78, 5) is 25.2. The normalized spacial score (nSPS) is 12.1. The largest absolute Gasteiger partial charge is 0.454 e. The van der Waals surface area contributed by atoms with Gasteiger partial charge in [0, 0.05) is 32.1 Å². The Morgan fingerprint density at radius 2 is 2.00 bits per heavy atom. The Bertz CT molecular complexity index is 530. The summed E-state index contributed by atoms with van der Waals surface area (Å²) in [6.07, 6.45) is 0.898. The van der Waals surface area contributed by atoms with Gasteiger partial charge in [0.05, 0.1) is 0 Å². The number of carbonyl (C=O) groups is 2. The minimum absolute atomic E-state index is 0.0224. The van der Waals surface area contributed by atoms with Gasteiger partial charge in [0.25, 0.3) is 5.91 Å². The number of fused-ring (bicyclic) bond motifs is 1. The zero-order chi connectivity index (χ0) is 15.2. The van der Waals surface area contributed by atoms with Gasteiger partial charge >= 0.3 is 0 Å². The van der Waals surface area contributed by atoms with Crippen molar-refractivity contribution in [2.75, 3.05) is 26.4 Å². The number of benzene rings is 1. The van der Waals surface area contributed by atoms with Crippen LogP contribution in [0.5, 0.6) is 11.5 Å². The molecule has 2 rings (SSSR count). The molecule has 1 N–H and O–H groups in total. The first kappa shape index (κ1) is 15.2. The van der Waals surface area contributed by atoms with Crippen LogP contribution in [0, 0.1) is 0 Å². The molecule has 0 aromatic heterocycles. The van der Waals surface area contributed by atoms with Crippen LogP contribution in [-0.4, -0.2) is 43.1 Å². The lowest BCUT2D eigenvalue weighted by Crippen LogP contribution is -2.37. The molecule has 2 amide bonds. The highest BCUT2D eigenvalue weighted by Crippen LogP contribution is 2.32. The molecule has 1 aliphatic rings. The lowest BCUT2D eigenvalue weighted by molar-refractivity contribution is -0.128. The highest BCUT2D eigenvalue weighted by atomic mass is 16.7. The van der Waals surface area contributed by atoms with Crippen molar-refractivity contribution in [3.05, 3.63) is 23.8 Å². The highest BCUT2D eigenvalue weighted by molar-refractivity contribution is 5.94. The lowest BCUT2D eigenvalue weighted by atomic mass is 10.2. The minimum atomic E-state index is -0.187. The molecule has 0 unspecified atom stereocenters. The summed E-state index contributed by atoms with van der Waals surface area (Å²) in [6, 6.07) is 5.07. The fourth-order valence-electron chi connectivity index (χ4n) is 2.14. The van der Waals surface area contributed by atoms with E-state index in [1.807, 2.05) is 6.92 Å². The van der Waals surface area contributed by atoms with Gasteiger partial charge in [0.15, 0.2) is 11.5 Å². The van der Waals surface area contributed by atoms with Gasteiger partial charge in [-0.05, 0) is 24.6 Å². The quantitative estimate of drug-likeness (QED) is 0.860. The third-order valence-electron chi connectivity index (χ3n) is 3.24. The van der Waals surface area contributed by atoms with Gasteiger partial charge in [-0.1, -0.05) is 6.92 Å². The van der Waals surface area contributed by atoms with Gasteiger partial charge in [0.2, 0.25) is 12.7 Å². The zero-order valence-electron chi connectivity index (χ0n) is 12.3. The monoisotopic (exact) mass is 292 g/mol. The predicted octanol–water partition coefficient (Wildman–Crippen LogP) is 1.40. The van der Waals surface area contributed by atoms with Crippen molar-refractivity contribution in [1.82, 2.24) is 10.2 Å². The van der Waals surface area contributed by atoms with Crippen LogP contribution < -0.4 is 14.8 Å². The molecule has 1 heterocycles. The van der Waals surface area contributed by atoms with Crippen LogP contribution in [0.1, 0.15) is 30.6 Å². The standard InChI is InChI=1S/C15H20N2O4/c1-3-7-17(11(2)18)8-6-16-15(19)12-4-5-13-14(9-12)21-10-20-13/h4-5,9H,3,6-8,10H2,1-2H3,(H,16,19). The first-order valence-electron chi connectivity index (χ1n) is 7.05. The zero-order valence-corrected chi connectivity index (χ0v) is 12.3. The van der Waals surface area contributed by atoms with E-state index in [9.17, 15) is 9.59 Å². The molecule has 0 aliphatic carbocycles. The molecule has 0 spiro atoms. The Morgan fingerprint density at radius 3 is 2.71 bits per heavy atom. The molecule has 0 saturated carbocycles. The van der Waals surface area contributed by atoms with Gasteiger partial charge in [-0.25, -0.2) is 0 Å². The maximum absolute atomic E-state index is 12.0. The molecule has 0 bridgehead atoms. The van der Waals surface area contributed by atoms with Crippen LogP contribution in [0.15, 0.2) is 18.2 Å². The summed E-state index contributed by atoms with van der Waals surface area (Å²) in [7, 11) is 0. The number of amides is 2. The van der Waals surface area contributed by atoms with Crippen molar-refractivity contribution in [3.8, 4) is 11.5 Å². The summed E-state index contributed by atoms with van der Waals surface area (Å²) in [6.45, 7) is 5.38. The van der Waals surface area contributed by atoms with E-state index in [4.69, 9.17) is 9.47 Å². The van der Waals surface area contributed by atoms with E-state index >= 15 is 0 Å². The van der Waals surface area contributed by atoms with Crippen molar-refractivity contribution < 1.29 is 19.1 Å². The predicted molar refractivity (Wildman–Crippen MR) is 77.4 cm³/mol. The van der Waals surface area contributed by atoms with Gasteiger partial charge < -0.3 is 19.7 Å². The third-order valence-corrected chi connectivity index (χ3v) is 3.24. The highest BCUT2D eigenvalue weighted by Gasteiger charge is 2.16. The topological polar surface area (TPSA) is 67.9 Å². The van der Waals surface area contributed by atoms with Crippen LogP contribution in [0.4, 0.5) is 0 Å². The van der Waals surface area contributed by atoms with Crippen LogP contribution in [0.2, 0.25) is 0 Å². The Hall–Kier alpha value is -2.24. The molecule has 21 heavy (non-hydrogen) atoms. The first-order valence-corrected chi connectivity index (χ1v) is 7.05. The number of nitrogens with one attached hydrogen (secondary N) is 1. The van der Waals surface area contributed by atoms with E-state index < -0.39 is 0 Å². The van der Waals surface area contributed by atoms with Crippen molar-refractivity contribution >= 4 is 11.8 Å². The van der Waals surface area contributed by atoms with Crippen LogP contribution in [0.25, 0.3) is 0 Å². The Balaban J connectivity index is 1.86. The number of nitrogens with zero attached hydrogens (tertiary/aromatic N) is 1. The average molecular weight is 292 g/mol. The molecule has 0 radical (unpaired) electrons. The van der Waals surface area contributed by atoms with Gasteiger partial charge in [-0.2, -0.15) is 0 Å². The third kappa shape index (κ3) is 3.87. The molecule has 0 atom stereocenters. The van der Waals surface area contributed by atoms with Crippen LogP contribution in [0.3, 0.4) is 0 Å². The number of carbonyl (C=O) groups excluding carboxylic acids is 2. The second kappa shape index (κ2) is 6.97. The summed E-state index contributed by atoms with van der Waals surface area (Å²) in [5.41, 5.74) is 0.518. The Morgan fingerprint density at radius 1 is 1.24 bits per heavy atom. The molecule has 6 nitrogen and oxygen atoms in total. The smallest absolute Gasteiger partial charge is 0.251 e. The minimum Gasteiger partial charge on any atom is -0.454 e. The SMILES string of the molecule is CCCN(CCNC(=O)c1ccc2c(c1)OCO2)C(C)=O. The molecule has 1 aromatic carbocycles. The van der Waals surface area contributed by atoms with E-state index in [0.29, 0.717) is 36.7 Å². The van der Waals surface area contributed by atoms with Gasteiger partial charge in [-0.15, -0.1) is 0 Å². The molecule has 1 aromatic rings. The number of rotatable bonds is 6. The fourth-order valence-corrected chi connectivity index (χ4v) is 2.14. The second-order valence-corrected chi connectivity index (χ2v) is 4.83. The van der Waals surface area contributed by atoms with Gasteiger partial charge in [0.1, 0.15) is 0 Å². The van der Waals surface area contributed by atoms with Crippen molar-refractivity contribution in [2.45, 2.75) is 20.3 Å². The molecule has 0 fully saturated rings. The summed E-state index contributed by atoms with van der Waals surface area (Å²) in [5.74, 6) is 1.07. The fraction of sp³-hybridized carbons (Fsp3) is 0.467. The molecule has 0 saturated heterocycles. The number of hydrogen-bond acceptors (Lipinski definition) is 4. The molecular formula is C15H20N2O4.